The van der Waals surface area contributed by atoms with Crippen LogP contribution < -0.4 is 10.2 Å². The van der Waals surface area contributed by atoms with Gasteiger partial charge in [0, 0.05) is 29.8 Å². The number of hydrogen-bond donors (Lipinski definition) is 1. The molecule has 116 valence electrons. The summed E-state index contributed by atoms with van der Waals surface area (Å²) in [5, 5.41) is 2.98. The number of anilines is 1. The number of hydrogen-bond acceptors (Lipinski definition) is 2. The van der Waals surface area contributed by atoms with Gasteiger partial charge in [-0.1, -0.05) is 24.3 Å². The number of carbonyl (C=O) groups is 1. The van der Waals surface area contributed by atoms with E-state index >= 15 is 0 Å². The van der Waals surface area contributed by atoms with Crippen LogP contribution in [0.4, 0.5) is 5.69 Å². The van der Waals surface area contributed by atoms with Crippen LogP contribution in [0.25, 0.3) is 0 Å². The Hall–Kier alpha value is -1.81. The second-order valence-corrected chi connectivity index (χ2v) is 6.01. The standard InChI is InChI=1S/C18H21BrN2O/c1-3-21(15-8-6-7-14(2)13-15)12-11-20-18(22)16-9-4-5-10-17(16)19/h4-10,13H,3,11-12H2,1-2H3,(H,20,22). The maximum absolute atomic E-state index is 12.2. The maximum atomic E-state index is 12.2. The van der Waals surface area contributed by atoms with Crippen molar-refractivity contribution in [1.29, 1.82) is 0 Å². The molecule has 0 aliphatic carbocycles. The molecule has 0 aromatic heterocycles. The molecule has 2 rings (SSSR count). The molecule has 0 bridgehead atoms. The molecule has 0 spiro atoms. The summed E-state index contributed by atoms with van der Waals surface area (Å²) in [4.78, 5) is 14.4. The van der Waals surface area contributed by atoms with Crippen molar-refractivity contribution in [3.05, 3.63) is 64.1 Å². The molecule has 0 aliphatic rings. The minimum atomic E-state index is -0.0484. The number of likely N-dealkylation sites (N-methyl/N-ethyl adjacent to an activating group) is 1. The van der Waals surface area contributed by atoms with Crippen molar-refractivity contribution in [2.24, 2.45) is 0 Å². The first kappa shape index (κ1) is 16.6. The molecule has 0 saturated carbocycles. The van der Waals surface area contributed by atoms with Crippen LogP contribution in [0.2, 0.25) is 0 Å². The molecule has 0 fully saturated rings. The highest BCUT2D eigenvalue weighted by molar-refractivity contribution is 9.10. The number of rotatable bonds is 6. The van der Waals surface area contributed by atoms with Gasteiger partial charge in [0.05, 0.1) is 5.56 Å². The van der Waals surface area contributed by atoms with Crippen molar-refractivity contribution < 1.29 is 4.79 Å². The summed E-state index contributed by atoms with van der Waals surface area (Å²) < 4.78 is 0.818. The van der Waals surface area contributed by atoms with Crippen LogP contribution >= 0.6 is 15.9 Å². The second kappa shape index (κ2) is 7.99. The zero-order valence-corrected chi connectivity index (χ0v) is 14.6. The lowest BCUT2D eigenvalue weighted by Crippen LogP contribution is -2.35. The van der Waals surface area contributed by atoms with Gasteiger partial charge in [0.15, 0.2) is 0 Å². The van der Waals surface area contributed by atoms with E-state index in [0.717, 1.165) is 17.6 Å². The minimum absolute atomic E-state index is 0.0484. The zero-order chi connectivity index (χ0) is 15.9. The summed E-state index contributed by atoms with van der Waals surface area (Å²) in [6.07, 6.45) is 0. The van der Waals surface area contributed by atoms with E-state index < -0.39 is 0 Å². The molecule has 0 heterocycles. The third-order valence-corrected chi connectivity index (χ3v) is 4.23. The molecule has 0 unspecified atom stereocenters. The van der Waals surface area contributed by atoms with Crippen LogP contribution in [0.3, 0.4) is 0 Å². The Kier molecular flexibility index (Phi) is 6.01. The average Bonchev–Trinajstić information content (AvgIpc) is 2.52. The van der Waals surface area contributed by atoms with E-state index in [0.29, 0.717) is 12.1 Å². The van der Waals surface area contributed by atoms with Crippen LogP contribution in [0, 0.1) is 6.92 Å². The lowest BCUT2D eigenvalue weighted by atomic mass is 10.2. The maximum Gasteiger partial charge on any atom is 0.252 e. The van der Waals surface area contributed by atoms with Gasteiger partial charge in [0.1, 0.15) is 0 Å². The first-order chi connectivity index (χ1) is 10.6. The third kappa shape index (κ3) is 4.34. The van der Waals surface area contributed by atoms with E-state index in [1.165, 1.54) is 11.3 Å². The van der Waals surface area contributed by atoms with E-state index in [1.54, 1.807) is 0 Å². The van der Waals surface area contributed by atoms with E-state index in [2.05, 4.69) is 64.3 Å². The van der Waals surface area contributed by atoms with Crippen molar-refractivity contribution in [2.45, 2.75) is 13.8 Å². The molecule has 2 aromatic rings. The smallest absolute Gasteiger partial charge is 0.252 e. The van der Waals surface area contributed by atoms with Gasteiger partial charge < -0.3 is 10.2 Å². The molecule has 4 heteroatoms. The Morgan fingerprint density at radius 3 is 2.64 bits per heavy atom. The largest absolute Gasteiger partial charge is 0.370 e. The van der Waals surface area contributed by atoms with Crippen molar-refractivity contribution in [3.63, 3.8) is 0 Å². The van der Waals surface area contributed by atoms with Crippen molar-refractivity contribution in [3.8, 4) is 0 Å². The van der Waals surface area contributed by atoms with Gasteiger partial charge in [-0.15, -0.1) is 0 Å². The predicted molar refractivity (Wildman–Crippen MR) is 95.5 cm³/mol. The lowest BCUT2D eigenvalue weighted by molar-refractivity contribution is 0.0954. The van der Waals surface area contributed by atoms with Crippen LogP contribution in [0.5, 0.6) is 0 Å². The molecule has 1 amide bonds. The minimum Gasteiger partial charge on any atom is -0.370 e. The number of aryl methyl sites for hydroxylation is 1. The summed E-state index contributed by atoms with van der Waals surface area (Å²) in [7, 11) is 0. The van der Waals surface area contributed by atoms with Gasteiger partial charge in [-0.25, -0.2) is 0 Å². The molecular formula is C18H21BrN2O. The SMILES string of the molecule is CCN(CCNC(=O)c1ccccc1Br)c1cccc(C)c1. The van der Waals surface area contributed by atoms with Crippen LogP contribution in [0.15, 0.2) is 53.0 Å². The highest BCUT2D eigenvalue weighted by Gasteiger charge is 2.09. The Balaban J connectivity index is 1.92. The molecule has 22 heavy (non-hydrogen) atoms. The van der Waals surface area contributed by atoms with E-state index in [-0.39, 0.29) is 5.91 Å². The summed E-state index contributed by atoms with van der Waals surface area (Å²) in [5.41, 5.74) is 3.10. The number of amides is 1. The zero-order valence-electron chi connectivity index (χ0n) is 13.0. The topological polar surface area (TPSA) is 32.3 Å². The molecule has 0 atom stereocenters. The monoisotopic (exact) mass is 360 g/mol. The van der Waals surface area contributed by atoms with Gasteiger partial charge in [0.2, 0.25) is 0 Å². The normalized spacial score (nSPS) is 10.3. The Bertz CT molecular complexity index is 642. The predicted octanol–water partition coefficient (Wildman–Crippen LogP) is 4.01. The quantitative estimate of drug-likeness (QED) is 0.843. The van der Waals surface area contributed by atoms with Gasteiger partial charge in [0.25, 0.3) is 5.91 Å². The fourth-order valence-corrected chi connectivity index (χ4v) is 2.80. The first-order valence-electron chi connectivity index (χ1n) is 7.46. The average molecular weight is 361 g/mol. The highest BCUT2D eigenvalue weighted by Crippen LogP contribution is 2.16. The first-order valence-corrected chi connectivity index (χ1v) is 8.25. The Morgan fingerprint density at radius 1 is 1.18 bits per heavy atom. The van der Waals surface area contributed by atoms with E-state index in [4.69, 9.17) is 0 Å². The van der Waals surface area contributed by atoms with Crippen LogP contribution in [0.1, 0.15) is 22.8 Å². The molecule has 0 aliphatic heterocycles. The van der Waals surface area contributed by atoms with Gasteiger partial charge in [-0.05, 0) is 59.6 Å². The number of nitrogens with zero attached hydrogens (tertiary/aromatic N) is 1. The summed E-state index contributed by atoms with van der Waals surface area (Å²) in [6.45, 7) is 6.52. The van der Waals surface area contributed by atoms with Gasteiger partial charge >= 0.3 is 0 Å². The van der Waals surface area contributed by atoms with Gasteiger partial charge in [-0.2, -0.15) is 0 Å². The van der Waals surface area contributed by atoms with Gasteiger partial charge in [-0.3, -0.25) is 4.79 Å². The molecule has 3 nitrogen and oxygen atoms in total. The van der Waals surface area contributed by atoms with E-state index in [9.17, 15) is 4.79 Å². The molecule has 2 aromatic carbocycles. The molecule has 0 saturated heterocycles. The number of nitrogens with one attached hydrogen (secondary N) is 1. The van der Waals surface area contributed by atoms with Crippen LogP contribution in [-0.2, 0) is 0 Å². The van der Waals surface area contributed by atoms with E-state index in [1.807, 2.05) is 24.3 Å². The molecular weight excluding hydrogens is 340 g/mol. The second-order valence-electron chi connectivity index (χ2n) is 5.15. The number of benzene rings is 2. The van der Waals surface area contributed by atoms with Crippen molar-refractivity contribution in [1.82, 2.24) is 5.32 Å². The lowest BCUT2D eigenvalue weighted by Gasteiger charge is -2.23. The van der Waals surface area contributed by atoms with Crippen LogP contribution in [-0.4, -0.2) is 25.5 Å². The summed E-state index contributed by atoms with van der Waals surface area (Å²) >= 11 is 3.40. The molecule has 1 N–H and O–H groups in total. The van der Waals surface area contributed by atoms with Crippen molar-refractivity contribution >= 4 is 27.5 Å². The summed E-state index contributed by atoms with van der Waals surface area (Å²) in [5.74, 6) is -0.0484. The fraction of sp³-hybridized carbons (Fsp3) is 0.278. The molecule has 0 radical (unpaired) electrons. The fourth-order valence-electron chi connectivity index (χ4n) is 2.34. The number of halogens is 1. The Labute approximate surface area is 140 Å². The summed E-state index contributed by atoms with van der Waals surface area (Å²) in [6, 6.07) is 15.9. The highest BCUT2D eigenvalue weighted by atomic mass is 79.9. The Morgan fingerprint density at radius 2 is 1.95 bits per heavy atom. The van der Waals surface area contributed by atoms with Crippen molar-refractivity contribution in [2.75, 3.05) is 24.5 Å². The third-order valence-electron chi connectivity index (χ3n) is 3.53. The number of carbonyl (C=O) groups excluding carboxylic acids is 1.